The van der Waals surface area contributed by atoms with E-state index in [0.29, 0.717) is 18.1 Å². The van der Waals surface area contributed by atoms with Crippen LogP contribution in [0.3, 0.4) is 0 Å². The van der Waals surface area contributed by atoms with Crippen LogP contribution in [0.25, 0.3) is 11.3 Å². The van der Waals surface area contributed by atoms with Crippen LogP contribution in [0.2, 0.25) is 0 Å². The molecule has 0 saturated carbocycles. The first kappa shape index (κ1) is 14.6. The lowest BCUT2D eigenvalue weighted by Gasteiger charge is -2.25. The number of thiazole rings is 1. The summed E-state index contributed by atoms with van der Waals surface area (Å²) < 4.78 is 0. The van der Waals surface area contributed by atoms with Gasteiger partial charge >= 0.3 is 0 Å². The number of carbonyl (C=O) groups is 2. The molecule has 0 unspecified atom stereocenters. The van der Waals surface area contributed by atoms with Crippen molar-refractivity contribution in [1.29, 1.82) is 0 Å². The highest BCUT2D eigenvalue weighted by Crippen LogP contribution is 2.24. The predicted octanol–water partition coefficient (Wildman–Crippen LogP) is 2.16. The minimum absolute atomic E-state index is 0.0524. The topological polar surface area (TPSA) is 75.2 Å². The molecule has 0 spiro atoms. The normalized spacial score (nSPS) is 14.9. The van der Waals surface area contributed by atoms with Crippen molar-refractivity contribution in [3.05, 3.63) is 29.9 Å². The molecule has 0 atom stereocenters. The molecular weight excluding hydrogens is 300 g/mol. The zero-order valence-electron chi connectivity index (χ0n) is 12.0. The van der Waals surface area contributed by atoms with Crippen LogP contribution in [0.15, 0.2) is 29.9 Å². The Hall–Kier alpha value is -2.28. The number of anilines is 1. The largest absolute Gasteiger partial charge is 0.333 e. The average molecular weight is 316 g/mol. The van der Waals surface area contributed by atoms with Crippen molar-refractivity contribution in [3.63, 3.8) is 0 Å². The molecule has 1 fully saturated rings. The van der Waals surface area contributed by atoms with Gasteiger partial charge in [-0.25, -0.2) is 4.98 Å². The molecule has 6 nitrogen and oxygen atoms in total. The molecule has 2 aromatic rings. The molecule has 0 radical (unpaired) electrons. The van der Waals surface area contributed by atoms with Gasteiger partial charge in [0.1, 0.15) is 0 Å². The first-order valence-corrected chi connectivity index (χ1v) is 8.04. The van der Waals surface area contributed by atoms with Crippen molar-refractivity contribution in [2.75, 3.05) is 18.4 Å². The van der Waals surface area contributed by atoms with E-state index in [9.17, 15) is 9.59 Å². The third-order valence-corrected chi connectivity index (χ3v) is 4.22. The molecule has 0 bridgehead atoms. The summed E-state index contributed by atoms with van der Waals surface area (Å²) in [6.45, 7) is 0.756. The van der Waals surface area contributed by atoms with Crippen LogP contribution in [0.4, 0.5) is 5.13 Å². The summed E-state index contributed by atoms with van der Waals surface area (Å²) in [6, 6.07) is 3.76. The highest BCUT2D eigenvalue weighted by atomic mass is 32.1. The molecule has 1 saturated heterocycles. The van der Waals surface area contributed by atoms with E-state index in [-0.39, 0.29) is 18.4 Å². The van der Waals surface area contributed by atoms with Gasteiger partial charge < -0.3 is 10.2 Å². The Labute approximate surface area is 132 Å². The van der Waals surface area contributed by atoms with Crippen LogP contribution in [0.5, 0.6) is 0 Å². The van der Waals surface area contributed by atoms with E-state index in [1.54, 1.807) is 17.3 Å². The summed E-state index contributed by atoms with van der Waals surface area (Å²) in [5, 5.41) is 5.16. The molecule has 1 aliphatic rings. The van der Waals surface area contributed by atoms with E-state index in [4.69, 9.17) is 0 Å². The maximum atomic E-state index is 12.0. The molecule has 2 aromatic heterocycles. The van der Waals surface area contributed by atoms with Crippen LogP contribution >= 0.6 is 11.3 Å². The van der Waals surface area contributed by atoms with Gasteiger partial charge in [-0.15, -0.1) is 11.3 Å². The number of nitrogens with zero attached hydrogens (tertiary/aromatic N) is 3. The monoisotopic (exact) mass is 316 g/mol. The number of rotatable bonds is 4. The number of aromatic nitrogens is 2. The lowest BCUT2D eigenvalue weighted by molar-refractivity contribution is -0.136. The highest BCUT2D eigenvalue weighted by molar-refractivity contribution is 7.14. The highest BCUT2D eigenvalue weighted by Gasteiger charge is 2.20. The van der Waals surface area contributed by atoms with Gasteiger partial charge in [0.25, 0.3) is 0 Å². The SMILES string of the molecule is O=C(CN1CCCCC1=O)Nc1nc(-c2cccnc2)cs1. The van der Waals surface area contributed by atoms with Crippen molar-refractivity contribution >= 4 is 28.3 Å². The summed E-state index contributed by atoms with van der Waals surface area (Å²) >= 11 is 1.36. The van der Waals surface area contributed by atoms with Gasteiger partial charge in [-0.1, -0.05) is 0 Å². The van der Waals surface area contributed by atoms with Gasteiger partial charge in [0, 0.05) is 36.3 Å². The maximum absolute atomic E-state index is 12.0. The van der Waals surface area contributed by atoms with Gasteiger partial charge in [-0.2, -0.15) is 0 Å². The number of hydrogen-bond donors (Lipinski definition) is 1. The Morgan fingerprint density at radius 1 is 1.41 bits per heavy atom. The van der Waals surface area contributed by atoms with Crippen molar-refractivity contribution in [1.82, 2.24) is 14.9 Å². The van der Waals surface area contributed by atoms with Gasteiger partial charge in [-0.3, -0.25) is 14.6 Å². The van der Waals surface area contributed by atoms with Gasteiger partial charge in [0.15, 0.2) is 5.13 Å². The standard InChI is InChI=1S/C15H16N4O2S/c20-13(9-19-7-2-1-5-14(19)21)18-15-17-12(10-22-15)11-4-3-6-16-8-11/h3-4,6,8,10H,1-2,5,7,9H2,(H,17,18,20). The average Bonchev–Trinajstić information content (AvgIpc) is 2.99. The lowest BCUT2D eigenvalue weighted by atomic mass is 10.1. The fourth-order valence-corrected chi connectivity index (χ4v) is 3.07. The third kappa shape index (κ3) is 3.48. The van der Waals surface area contributed by atoms with Crippen molar-refractivity contribution in [2.45, 2.75) is 19.3 Å². The smallest absolute Gasteiger partial charge is 0.245 e. The molecule has 114 valence electrons. The number of carbonyl (C=O) groups excluding carboxylic acids is 2. The Morgan fingerprint density at radius 3 is 3.09 bits per heavy atom. The van der Waals surface area contributed by atoms with Crippen molar-refractivity contribution < 1.29 is 9.59 Å². The van der Waals surface area contributed by atoms with Gasteiger partial charge in [0.2, 0.25) is 11.8 Å². The molecule has 3 heterocycles. The Morgan fingerprint density at radius 2 is 2.32 bits per heavy atom. The molecule has 1 aliphatic heterocycles. The molecule has 22 heavy (non-hydrogen) atoms. The summed E-state index contributed by atoms with van der Waals surface area (Å²) in [5.41, 5.74) is 1.69. The molecule has 0 aliphatic carbocycles. The Balaban J connectivity index is 1.60. The molecule has 2 amide bonds. The summed E-state index contributed by atoms with van der Waals surface area (Å²) in [7, 11) is 0. The first-order valence-electron chi connectivity index (χ1n) is 7.16. The minimum atomic E-state index is -0.206. The van der Waals surface area contributed by atoms with Crippen LogP contribution in [0, 0.1) is 0 Å². The van der Waals surface area contributed by atoms with E-state index in [1.807, 2.05) is 17.5 Å². The maximum Gasteiger partial charge on any atom is 0.245 e. The van der Waals surface area contributed by atoms with Crippen LogP contribution < -0.4 is 5.32 Å². The Kier molecular flexibility index (Phi) is 4.43. The van der Waals surface area contributed by atoms with E-state index in [1.165, 1.54) is 11.3 Å². The second-order valence-electron chi connectivity index (χ2n) is 5.10. The molecule has 7 heteroatoms. The van der Waals surface area contributed by atoms with E-state index in [0.717, 1.165) is 24.1 Å². The van der Waals surface area contributed by atoms with Crippen molar-refractivity contribution in [2.24, 2.45) is 0 Å². The second-order valence-corrected chi connectivity index (χ2v) is 5.96. The van der Waals surface area contributed by atoms with Crippen LogP contribution in [-0.2, 0) is 9.59 Å². The third-order valence-electron chi connectivity index (χ3n) is 3.46. The number of nitrogens with one attached hydrogen (secondary N) is 1. The van der Waals surface area contributed by atoms with E-state index in [2.05, 4.69) is 15.3 Å². The zero-order valence-corrected chi connectivity index (χ0v) is 12.8. The molecule has 0 aromatic carbocycles. The van der Waals surface area contributed by atoms with E-state index >= 15 is 0 Å². The molecular formula is C15H16N4O2S. The Bertz CT molecular complexity index is 671. The van der Waals surface area contributed by atoms with E-state index < -0.39 is 0 Å². The van der Waals surface area contributed by atoms with Crippen LogP contribution in [-0.4, -0.2) is 39.8 Å². The summed E-state index contributed by atoms with van der Waals surface area (Å²) in [4.78, 5) is 33.8. The number of amides is 2. The first-order chi connectivity index (χ1) is 10.7. The minimum Gasteiger partial charge on any atom is -0.333 e. The van der Waals surface area contributed by atoms with Gasteiger partial charge in [0.05, 0.1) is 12.2 Å². The fraction of sp³-hybridized carbons (Fsp3) is 0.333. The predicted molar refractivity (Wildman–Crippen MR) is 84.4 cm³/mol. The number of pyridine rings is 1. The van der Waals surface area contributed by atoms with Crippen LogP contribution in [0.1, 0.15) is 19.3 Å². The fourth-order valence-electron chi connectivity index (χ4n) is 2.34. The number of piperidine rings is 1. The number of hydrogen-bond acceptors (Lipinski definition) is 5. The number of likely N-dealkylation sites (tertiary alicyclic amines) is 1. The zero-order chi connectivity index (χ0) is 15.4. The lowest BCUT2D eigenvalue weighted by Crippen LogP contribution is -2.40. The second kappa shape index (κ2) is 6.65. The van der Waals surface area contributed by atoms with Gasteiger partial charge in [-0.05, 0) is 25.0 Å². The van der Waals surface area contributed by atoms with Crippen molar-refractivity contribution in [3.8, 4) is 11.3 Å². The summed E-state index contributed by atoms with van der Waals surface area (Å²) in [5.74, 6) is -0.154. The quantitative estimate of drug-likeness (QED) is 0.938. The molecule has 1 N–H and O–H groups in total. The molecule has 3 rings (SSSR count). The summed E-state index contributed by atoms with van der Waals surface area (Å²) in [6.07, 6.45) is 5.84.